The van der Waals surface area contributed by atoms with Crippen LogP contribution in [0.4, 0.5) is 18.3 Å². The normalized spacial score (nSPS) is 11.9. The van der Waals surface area contributed by atoms with Gasteiger partial charge in [0, 0.05) is 11.6 Å². The van der Waals surface area contributed by atoms with E-state index in [1.807, 2.05) is 22.9 Å². The monoisotopic (exact) mass is 408 g/mol. The lowest BCUT2D eigenvalue weighted by atomic mass is 10.2. The Bertz CT molecular complexity index is 1130. The Morgan fingerprint density at radius 1 is 1.19 bits per heavy atom. The second-order valence-electron chi connectivity index (χ2n) is 5.66. The molecule has 0 bridgehead atoms. The van der Waals surface area contributed by atoms with Crippen LogP contribution in [0.3, 0.4) is 0 Å². The smallest absolute Gasteiger partial charge is 0.296 e. The number of amides is 1. The van der Waals surface area contributed by atoms with E-state index in [9.17, 15) is 18.0 Å². The van der Waals surface area contributed by atoms with Gasteiger partial charge in [-0.25, -0.2) is 9.97 Å². The number of thiazole rings is 1. The van der Waals surface area contributed by atoms with Crippen LogP contribution in [0, 0.1) is 6.92 Å². The van der Waals surface area contributed by atoms with Crippen LogP contribution in [-0.2, 0) is 6.18 Å². The quantitative estimate of drug-likeness (QED) is 0.513. The first-order chi connectivity index (χ1) is 12.8. The van der Waals surface area contributed by atoms with Gasteiger partial charge < -0.3 is 0 Å². The van der Waals surface area contributed by atoms with Crippen LogP contribution in [0.5, 0.6) is 0 Å². The zero-order valence-electron chi connectivity index (χ0n) is 13.7. The number of carbonyl (C=O) groups is 1. The number of hydrogen-bond donors (Lipinski definition) is 1. The highest BCUT2D eigenvalue weighted by Gasteiger charge is 2.31. The van der Waals surface area contributed by atoms with Gasteiger partial charge in [-0.15, -0.1) is 22.7 Å². The fraction of sp³-hybridized carbons (Fsp3) is 0.118. The van der Waals surface area contributed by atoms with Crippen molar-refractivity contribution in [1.29, 1.82) is 0 Å². The molecule has 4 rings (SSSR count). The van der Waals surface area contributed by atoms with Crippen LogP contribution in [-0.4, -0.2) is 20.3 Å². The molecular formula is C17H11F3N4OS2. The van der Waals surface area contributed by atoms with Crippen LogP contribution < -0.4 is 5.32 Å². The molecule has 0 atom stereocenters. The van der Waals surface area contributed by atoms with Crippen molar-refractivity contribution < 1.29 is 18.0 Å². The van der Waals surface area contributed by atoms with Gasteiger partial charge in [0.05, 0.1) is 21.8 Å². The molecule has 0 radical (unpaired) electrons. The summed E-state index contributed by atoms with van der Waals surface area (Å²) >= 11 is 2.77. The third kappa shape index (κ3) is 3.33. The SMILES string of the molecule is Cc1nc2ccc(C(F)(F)F)cn2c1C(=O)Nc1nc(-c2cccs2)cs1. The number of rotatable bonds is 3. The number of nitrogens with zero attached hydrogens (tertiary/aromatic N) is 3. The molecule has 27 heavy (non-hydrogen) atoms. The number of hydrogen-bond acceptors (Lipinski definition) is 5. The molecule has 0 aromatic carbocycles. The van der Waals surface area contributed by atoms with E-state index in [4.69, 9.17) is 0 Å². The fourth-order valence-corrected chi connectivity index (χ4v) is 4.09. The van der Waals surface area contributed by atoms with E-state index in [-0.39, 0.29) is 11.3 Å². The lowest BCUT2D eigenvalue weighted by Gasteiger charge is -2.08. The molecule has 1 amide bonds. The van der Waals surface area contributed by atoms with Gasteiger partial charge in [0.2, 0.25) is 0 Å². The Kier molecular flexibility index (Phi) is 4.23. The van der Waals surface area contributed by atoms with E-state index in [1.165, 1.54) is 28.7 Å². The Labute approximate surface area is 159 Å². The number of halogens is 3. The molecule has 4 aromatic heterocycles. The number of nitrogens with one attached hydrogen (secondary N) is 1. The summed E-state index contributed by atoms with van der Waals surface area (Å²) in [6.45, 7) is 1.58. The number of alkyl halides is 3. The van der Waals surface area contributed by atoms with Crippen molar-refractivity contribution in [1.82, 2.24) is 14.4 Å². The van der Waals surface area contributed by atoms with Crippen molar-refractivity contribution >= 4 is 39.4 Å². The van der Waals surface area contributed by atoms with Gasteiger partial charge in [-0.3, -0.25) is 14.5 Å². The Morgan fingerprint density at radius 2 is 2.00 bits per heavy atom. The molecule has 10 heteroatoms. The molecule has 5 nitrogen and oxygen atoms in total. The summed E-state index contributed by atoms with van der Waals surface area (Å²) in [5.41, 5.74) is 0.532. The second-order valence-corrected chi connectivity index (χ2v) is 7.46. The molecule has 0 fully saturated rings. The number of aromatic nitrogens is 3. The van der Waals surface area contributed by atoms with E-state index >= 15 is 0 Å². The average Bonchev–Trinajstić information content (AvgIpc) is 3.31. The lowest BCUT2D eigenvalue weighted by molar-refractivity contribution is -0.137. The van der Waals surface area contributed by atoms with Crippen molar-refractivity contribution in [3.8, 4) is 10.6 Å². The summed E-state index contributed by atoms with van der Waals surface area (Å²) in [5.74, 6) is -0.564. The Balaban J connectivity index is 1.67. The molecule has 0 aliphatic rings. The summed E-state index contributed by atoms with van der Waals surface area (Å²) in [5, 5.41) is 6.75. The summed E-state index contributed by atoms with van der Waals surface area (Å²) in [4.78, 5) is 22.2. The molecule has 0 aliphatic carbocycles. The van der Waals surface area contributed by atoms with Crippen LogP contribution in [0.2, 0.25) is 0 Å². The summed E-state index contributed by atoms with van der Waals surface area (Å²) in [6, 6.07) is 6.00. The first-order valence-corrected chi connectivity index (χ1v) is 9.45. The van der Waals surface area contributed by atoms with Gasteiger partial charge in [0.25, 0.3) is 5.91 Å². The summed E-state index contributed by atoms with van der Waals surface area (Å²) in [7, 11) is 0. The Hall–Kier alpha value is -2.72. The molecule has 4 heterocycles. The zero-order valence-corrected chi connectivity index (χ0v) is 15.4. The molecule has 0 unspecified atom stereocenters. The number of imidazole rings is 1. The molecule has 4 aromatic rings. The molecular weight excluding hydrogens is 397 g/mol. The van der Waals surface area contributed by atoms with Crippen molar-refractivity contribution in [2.75, 3.05) is 5.32 Å². The number of fused-ring (bicyclic) bond motifs is 1. The number of aryl methyl sites for hydroxylation is 1. The van der Waals surface area contributed by atoms with Crippen molar-refractivity contribution in [2.45, 2.75) is 13.1 Å². The largest absolute Gasteiger partial charge is 0.417 e. The molecule has 0 saturated heterocycles. The van der Waals surface area contributed by atoms with Crippen LogP contribution in [0.1, 0.15) is 21.7 Å². The predicted molar refractivity (Wildman–Crippen MR) is 98.3 cm³/mol. The van der Waals surface area contributed by atoms with Crippen molar-refractivity contribution in [3.05, 3.63) is 58.2 Å². The van der Waals surface area contributed by atoms with Gasteiger partial charge in [-0.1, -0.05) is 6.07 Å². The molecule has 0 aliphatic heterocycles. The van der Waals surface area contributed by atoms with E-state index in [2.05, 4.69) is 15.3 Å². The maximum atomic E-state index is 13.0. The maximum Gasteiger partial charge on any atom is 0.417 e. The molecule has 138 valence electrons. The van der Waals surface area contributed by atoms with Gasteiger partial charge >= 0.3 is 6.18 Å². The van der Waals surface area contributed by atoms with E-state index in [1.54, 1.807) is 6.92 Å². The first kappa shape index (κ1) is 17.7. The van der Waals surface area contributed by atoms with Crippen molar-refractivity contribution in [2.24, 2.45) is 0 Å². The van der Waals surface area contributed by atoms with Gasteiger partial charge in [-0.05, 0) is 30.5 Å². The fourth-order valence-electron chi connectivity index (χ4n) is 2.63. The number of carbonyl (C=O) groups excluding carboxylic acids is 1. The minimum absolute atomic E-state index is 0.0453. The average molecular weight is 408 g/mol. The predicted octanol–water partition coefficient (Wildman–Crippen LogP) is 5.10. The van der Waals surface area contributed by atoms with Gasteiger partial charge in [0.15, 0.2) is 5.13 Å². The number of thiophene rings is 1. The topological polar surface area (TPSA) is 59.3 Å². The van der Waals surface area contributed by atoms with Crippen LogP contribution in [0.15, 0.2) is 41.2 Å². The lowest BCUT2D eigenvalue weighted by Crippen LogP contribution is -2.16. The highest BCUT2D eigenvalue weighted by atomic mass is 32.1. The van der Waals surface area contributed by atoms with Crippen LogP contribution >= 0.6 is 22.7 Å². The number of pyridine rings is 1. The maximum absolute atomic E-state index is 13.0. The summed E-state index contributed by atoms with van der Waals surface area (Å²) in [6.07, 6.45) is -3.63. The van der Waals surface area contributed by atoms with Gasteiger partial charge in [0.1, 0.15) is 11.3 Å². The number of anilines is 1. The zero-order chi connectivity index (χ0) is 19.2. The molecule has 0 saturated carbocycles. The third-order valence-electron chi connectivity index (χ3n) is 3.83. The summed E-state index contributed by atoms with van der Waals surface area (Å²) < 4.78 is 40.1. The third-order valence-corrected chi connectivity index (χ3v) is 5.48. The molecule has 1 N–H and O–H groups in total. The van der Waals surface area contributed by atoms with E-state index < -0.39 is 17.6 Å². The minimum atomic E-state index is -4.51. The first-order valence-electron chi connectivity index (χ1n) is 7.69. The highest BCUT2D eigenvalue weighted by Crippen LogP contribution is 2.31. The minimum Gasteiger partial charge on any atom is -0.296 e. The second kappa shape index (κ2) is 6.46. The van der Waals surface area contributed by atoms with Crippen molar-refractivity contribution in [3.63, 3.8) is 0 Å². The van der Waals surface area contributed by atoms with Crippen LogP contribution in [0.25, 0.3) is 16.2 Å². The van der Waals surface area contributed by atoms with E-state index in [0.717, 1.165) is 27.2 Å². The molecule has 0 spiro atoms. The standard InChI is InChI=1S/C17H11F3N4OS2/c1-9-14(24-7-10(17(18,19)20)4-5-13(24)21-9)15(25)23-16-22-11(8-27-16)12-3-2-6-26-12/h2-8H,1H3,(H,22,23,25). The Morgan fingerprint density at radius 3 is 2.70 bits per heavy atom. The highest BCUT2D eigenvalue weighted by molar-refractivity contribution is 7.16. The van der Waals surface area contributed by atoms with E-state index in [0.29, 0.717) is 10.8 Å². The van der Waals surface area contributed by atoms with Gasteiger partial charge in [-0.2, -0.15) is 13.2 Å².